The summed E-state index contributed by atoms with van der Waals surface area (Å²) in [5.41, 5.74) is 9.49. The largest absolute Gasteiger partial charge is 0.379 e. The van der Waals surface area contributed by atoms with Crippen LogP contribution in [0, 0.1) is 0 Å². The Morgan fingerprint density at radius 3 is 2.00 bits per heavy atom. The predicted octanol–water partition coefficient (Wildman–Crippen LogP) is 2.46. The van der Waals surface area contributed by atoms with E-state index in [2.05, 4.69) is 48.5 Å². The summed E-state index contributed by atoms with van der Waals surface area (Å²) in [6, 6.07) is 19.2. The van der Waals surface area contributed by atoms with E-state index >= 15 is 0 Å². The molecule has 0 aliphatic carbocycles. The van der Waals surface area contributed by atoms with Gasteiger partial charge in [0, 0.05) is 6.54 Å². The SMILES string of the molecule is NCc1ccc(C2(c3ccccc3)COC2)cc1. The Labute approximate surface area is 107 Å². The minimum absolute atomic E-state index is 0.0361. The Morgan fingerprint density at radius 1 is 0.889 bits per heavy atom. The van der Waals surface area contributed by atoms with E-state index in [0.29, 0.717) is 6.54 Å². The molecule has 0 spiro atoms. The van der Waals surface area contributed by atoms with Gasteiger partial charge in [-0.1, -0.05) is 54.6 Å². The second-order valence-electron chi connectivity index (χ2n) is 4.84. The van der Waals surface area contributed by atoms with Crippen LogP contribution in [0.5, 0.6) is 0 Å². The van der Waals surface area contributed by atoms with Crippen LogP contribution in [0.4, 0.5) is 0 Å². The van der Waals surface area contributed by atoms with E-state index in [1.54, 1.807) is 0 Å². The average Bonchev–Trinajstić information content (AvgIpc) is 2.40. The van der Waals surface area contributed by atoms with E-state index in [1.807, 2.05) is 6.07 Å². The Bertz CT molecular complexity index is 515. The first-order valence-electron chi connectivity index (χ1n) is 6.28. The fraction of sp³-hybridized carbons (Fsp3) is 0.250. The zero-order valence-electron chi connectivity index (χ0n) is 10.3. The molecule has 0 bridgehead atoms. The quantitative estimate of drug-likeness (QED) is 0.893. The molecule has 2 aromatic rings. The molecule has 0 radical (unpaired) electrons. The highest BCUT2D eigenvalue weighted by atomic mass is 16.5. The molecular formula is C16H17NO. The van der Waals surface area contributed by atoms with E-state index in [9.17, 15) is 0 Å². The van der Waals surface area contributed by atoms with Crippen LogP contribution >= 0.6 is 0 Å². The van der Waals surface area contributed by atoms with Crippen LogP contribution in [0.25, 0.3) is 0 Å². The highest BCUT2D eigenvalue weighted by molar-refractivity contribution is 5.42. The van der Waals surface area contributed by atoms with Crippen molar-refractivity contribution in [2.24, 2.45) is 5.73 Å². The summed E-state index contributed by atoms with van der Waals surface area (Å²) in [7, 11) is 0. The van der Waals surface area contributed by atoms with Crippen LogP contribution in [0.15, 0.2) is 54.6 Å². The molecular weight excluding hydrogens is 222 g/mol. The predicted molar refractivity (Wildman–Crippen MR) is 72.4 cm³/mol. The standard InChI is InChI=1S/C16H17NO/c17-10-13-6-8-15(9-7-13)16(11-18-12-16)14-4-2-1-3-5-14/h1-9H,10-12,17H2. The molecule has 0 amide bonds. The molecule has 0 saturated carbocycles. The van der Waals surface area contributed by atoms with Gasteiger partial charge < -0.3 is 10.5 Å². The summed E-state index contributed by atoms with van der Waals surface area (Å²) in [6.45, 7) is 2.12. The third-order valence-electron chi connectivity index (χ3n) is 3.77. The van der Waals surface area contributed by atoms with Crippen molar-refractivity contribution in [1.29, 1.82) is 0 Å². The molecule has 0 aromatic heterocycles. The van der Waals surface area contributed by atoms with Gasteiger partial charge in [-0.2, -0.15) is 0 Å². The second kappa shape index (κ2) is 4.56. The van der Waals surface area contributed by atoms with Crippen LogP contribution in [0.3, 0.4) is 0 Å². The fourth-order valence-corrected chi connectivity index (χ4v) is 2.52. The topological polar surface area (TPSA) is 35.2 Å². The molecule has 2 nitrogen and oxygen atoms in total. The highest BCUT2D eigenvalue weighted by Crippen LogP contribution is 2.39. The summed E-state index contributed by atoms with van der Waals surface area (Å²) < 4.78 is 5.48. The third kappa shape index (κ3) is 1.74. The Balaban J connectivity index is 2.01. The normalized spacial score (nSPS) is 17.2. The van der Waals surface area contributed by atoms with Crippen molar-refractivity contribution in [2.45, 2.75) is 12.0 Å². The molecule has 3 rings (SSSR count). The molecule has 1 aliphatic heterocycles. The highest BCUT2D eigenvalue weighted by Gasteiger charge is 2.41. The van der Waals surface area contributed by atoms with Crippen molar-refractivity contribution < 1.29 is 4.74 Å². The molecule has 0 unspecified atom stereocenters. The van der Waals surface area contributed by atoms with Gasteiger partial charge in [-0.3, -0.25) is 0 Å². The fourth-order valence-electron chi connectivity index (χ4n) is 2.52. The van der Waals surface area contributed by atoms with Gasteiger partial charge in [-0.25, -0.2) is 0 Å². The lowest BCUT2D eigenvalue weighted by molar-refractivity contribution is -0.0379. The van der Waals surface area contributed by atoms with E-state index in [0.717, 1.165) is 13.2 Å². The van der Waals surface area contributed by atoms with E-state index in [-0.39, 0.29) is 5.41 Å². The van der Waals surface area contributed by atoms with E-state index in [4.69, 9.17) is 10.5 Å². The first kappa shape index (κ1) is 11.5. The minimum atomic E-state index is 0.0361. The van der Waals surface area contributed by atoms with E-state index < -0.39 is 0 Å². The van der Waals surface area contributed by atoms with Gasteiger partial charge in [0.25, 0.3) is 0 Å². The lowest BCUT2D eigenvalue weighted by Gasteiger charge is -2.42. The van der Waals surface area contributed by atoms with Crippen molar-refractivity contribution in [1.82, 2.24) is 0 Å². The maximum atomic E-state index is 5.64. The molecule has 1 saturated heterocycles. The maximum absolute atomic E-state index is 5.64. The summed E-state index contributed by atoms with van der Waals surface area (Å²) in [6.07, 6.45) is 0. The summed E-state index contributed by atoms with van der Waals surface area (Å²) in [5, 5.41) is 0. The van der Waals surface area contributed by atoms with Crippen LogP contribution in [0.2, 0.25) is 0 Å². The number of nitrogens with two attached hydrogens (primary N) is 1. The maximum Gasteiger partial charge on any atom is 0.0669 e. The zero-order valence-corrected chi connectivity index (χ0v) is 10.3. The van der Waals surface area contributed by atoms with Crippen LogP contribution in [-0.2, 0) is 16.7 Å². The zero-order chi connectivity index (χ0) is 12.4. The van der Waals surface area contributed by atoms with Crippen molar-refractivity contribution in [3.8, 4) is 0 Å². The van der Waals surface area contributed by atoms with Gasteiger partial charge in [-0.15, -0.1) is 0 Å². The van der Waals surface area contributed by atoms with Crippen molar-refractivity contribution in [3.05, 3.63) is 71.3 Å². The van der Waals surface area contributed by atoms with Gasteiger partial charge in [0.1, 0.15) is 0 Å². The molecule has 2 heteroatoms. The molecule has 0 atom stereocenters. The number of hydrogen-bond acceptors (Lipinski definition) is 2. The number of ether oxygens (including phenoxy) is 1. The molecule has 18 heavy (non-hydrogen) atoms. The molecule has 2 aromatic carbocycles. The van der Waals surface area contributed by atoms with Crippen molar-refractivity contribution >= 4 is 0 Å². The van der Waals surface area contributed by atoms with Crippen molar-refractivity contribution in [3.63, 3.8) is 0 Å². The van der Waals surface area contributed by atoms with Crippen LogP contribution in [-0.4, -0.2) is 13.2 Å². The van der Waals surface area contributed by atoms with Gasteiger partial charge in [0.05, 0.1) is 18.6 Å². The monoisotopic (exact) mass is 239 g/mol. The van der Waals surface area contributed by atoms with Crippen LogP contribution < -0.4 is 5.73 Å². The second-order valence-corrected chi connectivity index (χ2v) is 4.84. The van der Waals surface area contributed by atoms with Gasteiger partial charge in [0.15, 0.2) is 0 Å². The Morgan fingerprint density at radius 2 is 1.50 bits per heavy atom. The van der Waals surface area contributed by atoms with Crippen LogP contribution in [0.1, 0.15) is 16.7 Å². The van der Waals surface area contributed by atoms with E-state index in [1.165, 1.54) is 16.7 Å². The third-order valence-corrected chi connectivity index (χ3v) is 3.77. The van der Waals surface area contributed by atoms with Gasteiger partial charge in [-0.05, 0) is 16.7 Å². The lowest BCUT2D eigenvalue weighted by Crippen LogP contribution is -2.47. The number of rotatable bonds is 3. The lowest BCUT2D eigenvalue weighted by atomic mass is 9.73. The molecule has 1 fully saturated rings. The van der Waals surface area contributed by atoms with Gasteiger partial charge >= 0.3 is 0 Å². The van der Waals surface area contributed by atoms with Crippen molar-refractivity contribution in [2.75, 3.05) is 13.2 Å². The number of hydrogen-bond donors (Lipinski definition) is 1. The first-order valence-corrected chi connectivity index (χ1v) is 6.28. The summed E-state index contributed by atoms with van der Waals surface area (Å²) >= 11 is 0. The summed E-state index contributed by atoms with van der Waals surface area (Å²) in [5.74, 6) is 0. The smallest absolute Gasteiger partial charge is 0.0669 e. The molecule has 1 aliphatic rings. The molecule has 1 heterocycles. The summed E-state index contributed by atoms with van der Waals surface area (Å²) in [4.78, 5) is 0. The Hall–Kier alpha value is -1.64. The number of benzene rings is 2. The average molecular weight is 239 g/mol. The van der Waals surface area contributed by atoms with Gasteiger partial charge in [0.2, 0.25) is 0 Å². The first-order chi connectivity index (χ1) is 8.85. The molecule has 92 valence electrons. The Kier molecular flexibility index (Phi) is 2.90. The molecule has 2 N–H and O–H groups in total. The minimum Gasteiger partial charge on any atom is -0.379 e.